The van der Waals surface area contributed by atoms with E-state index in [0.717, 1.165) is 56.4 Å². The molecular formula is C29H41N3O4. The number of likely N-dealkylation sites (tertiary alicyclic amines) is 2. The van der Waals surface area contributed by atoms with E-state index in [1.807, 2.05) is 64.4 Å². The molecule has 0 radical (unpaired) electrons. The largest absolute Gasteiger partial charge is 0.457 e. The van der Waals surface area contributed by atoms with Crippen molar-refractivity contribution in [2.24, 2.45) is 11.7 Å². The number of aliphatic hydroxyl groups is 1. The van der Waals surface area contributed by atoms with Crippen LogP contribution in [0.3, 0.4) is 0 Å². The topological polar surface area (TPSA) is 88.3 Å². The number of hydrogen-bond acceptors (Lipinski definition) is 5. The van der Waals surface area contributed by atoms with Crippen molar-refractivity contribution >= 4 is 6.03 Å². The van der Waals surface area contributed by atoms with Gasteiger partial charge in [0.05, 0.1) is 5.60 Å². The predicted molar refractivity (Wildman–Crippen MR) is 141 cm³/mol. The lowest BCUT2D eigenvalue weighted by Crippen LogP contribution is -2.55. The second-order valence-electron chi connectivity index (χ2n) is 10.2. The first-order chi connectivity index (χ1) is 17.5. The summed E-state index contributed by atoms with van der Waals surface area (Å²) in [6.07, 6.45) is 5.87. The van der Waals surface area contributed by atoms with E-state index in [2.05, 4.69) is 0 Å². The number of amides is 2. The van der Waals surface area contributed by atoms with Crippen molar-refractivity contribution < 1.29 is 19.4 Å². The summed E-state index contributed by atoms with van der Waals surface area (Å²) in [4.78, 5) is 17.2. The number of urea groups is 1. The van der Waals surface area contributed by atoms with Gasteiger partial charge in [-0.2, -0.15) is 0 Å². The number of carbonyl (C=O) groups excluding carboxylic acids is 1. The number of nitrogens with zero attached hydrogens (tertiary/aromatic N) is 2. The van der Waals surface area contributed by atoms with Gasteiger partial charge in [0.25, 0.3) is 0 Å². The van der Waals surface area contributed by atoms with Crippen LogP contribution in [0.2, 0.25) is 0 Å². The molecular weight excluding hydrogens is 454 g/mol. The highest BCUT2D eigenvalue weighted by atomic mass is 16.5. The number of nitrogens with two attached hydrogens (primary N) is 1. The zero-order valence-electron chi connectivity index (χ0n) is 21.5. The fourth-order valence-corrected chi connectivity index (χ4v) is 5.65. The Morgan fingerprint density at radius 2 is 1.69 bits per heavy atom. The fourth-order valence-electron chi connectivity index (χ4n) is 5.65. The maximum atomic E-state index is 13.4. The van der Waals surface area contributed by atoms with Crippen LogP contribution in [0.15, 0.2) is 54.6 Å². The van der Waals surface area contributed by atoms with Crippen molar-refractivity contribution in [1.29, 1.82) is 0 Å². The van der Waals surface area contributed by atoms with Gasteiger partial charge in [0.15, 0.2) is 0 Å². The molecule has 0 aromatic heterocycles. The van der Waals surface area contributed by atoms with Crippen molar-refractivity contribution in [2.75, 3.05) is 39.9 Å². The van der Waals surface area contributed by atoms with Gasteiger partial charge in [-0.1, -0.05) is 36.4 Å². The lowest BCUT2D eigenvalue weighted by Gasteiger charge is -2.45. The monoisotopic (exact) mass is 495 g/mol. The van der Waals surface area contributed by atoms with Gasteiger partial charge in [0.2, 0.25) is 0 Å². The molecule has 2 heterocycles. The Balaban J connectivity index is 1.59. The molecule has 2 amide bonds. The third-order valence-electron chi connectivity index (χ3n) is 7.58. The second kappa shape index (κ2) is 12.6. The molecule has 2 aromatic rings. The summed E-state index contributed by atoms with van der Waals surface area (Å²) in [6, 6.07) is 17.5. The van der Waals surface area contributed by atoms with Crippen LogP contribution in [0, 0.1) is 5.92 Å². The molecule has 2 fully saturated rings. The number of para-hydroxylation sites is 2. The van der Waals surface area contributed by atoms with Crippen LogP contribution < -0.4 is 10.5 Å². The molecule has 3 atom stereocenters. The SMILES string of the molecule is COCCCCC(O)(c1ccccc1Oc1ccccc1)C1CCCN(C(=O)N2CCCC(N)C2)C1. The van der Waals surface area contributed by atoms with Gasteiger partial charge in [0.1, 0.15) is 11.5 Å². The molecule has 7 heteroatoms. The normalized spacial score (nSPS) is 22.2. The van der Waals surface area contributed by atoms with Crippen LogP contribution >= 0.6 is 0 Å². The van der Waals surface area contributed by atoms with Crippen LogP contribution in [-0.2, 0) is 10.3 Å². The Labute approximate surface area is 215 Å². The minimum atomic E-state index is -1.13. The minimum Gasteiger partial charge on any atom is -0.457 e. The van der Waals surface area contributed by atoms with Gasteiger partial charge >= 0.3 is 6.03 Å². The molecule has 2 aliphatic heterocycles. The smallest absolute Gasteiger partial charge is 0.320 e. The summed E-state index contributed by atoms with van der Waals surface area (Å²) in [6.45, 7) is 3.24. The van der Waals surface area contributed by atoms with Crippen molar-refractivity contribution in [3.63, 3.8) is 0 Å². The number of hydrogen-bond donors (Lipinski definition) is 2. The summed E-state index contributed by atoms with van der Waals surface area (Å²) in [7, 11) is 1.70. The lowest BCUT2D eigenvalue weighted by atomic mass is 9.73. The van der Waals surface area contributed by atoms with Crippen molar-refractivity contribution in [1.82, 2.24) is 9.80 Å². The van der Waals surface area contributed by atoms with E-state index in [1.54, 1.807) is 7.11 Å². The Morgan fingerprint density at radius 1 is 1.00 bits per heavy atom. The number of ether oxygens (including phenoxy) is 2. The first-order valence-electron chi connectivity index (χ1n) is 13.3. The van der Waals surface area contributed by atoms with Crippen molar-refractivity contribution in [2.45, 2.75) is 56.6 Å². The van der Waals surface area contributed by atoms with Crippen LogP contribution in [0.5, 0.6) is 11.5 Å². The molecule has 4 rings (SSSR count). The van der Waals surface area contributed by atoms with E-state index in [-0.39, 0.29) is 18.0 Å². The molecule has 0 bridgehead atoms. The molecule has 0 saturated carbocycles. The number of carbonyl (C=O) groups is 1. The number of piperidine rings is 2. The van der Waals surface area contributed by atoms with E-state index in [1.165, 1.54) is 0 Å². The molecule has 7 nitrogen and oxygen atoms in total. The van der Waals surface area contributed by atoms with Gasteiger partial charge in [-0.3, -0.25) is 0 Å². The van der Waals surface area contributed by atoms with E-state index in [9.17, 15) is 9.90 Å². The van der Waals surface area contributed by atoms with E-state index in [0.29, 0.717) is 38.4 Å². The van der Waals surface area contributed by atoms with Crippen LogP contribution in [-0.4, -0.2) is 66.9 Å². The predicted octanol–water partition coefficient (Wildman–Crippen LogP) is 4.74. The minimum absolute atomic E-state index is 0.0445. The van der Waals surface area contributed by atoms with Gasteiger partial charge in [0, 0.05) is 57.4 Å². The molecule has 3 unspecified atom stereocenters. The van der Waals surface area contributed by atoms with Gasteiger partial charge < -0.3 is 30.1 Å². The van der Waals surface area contributed by atoms with E-state index in [4.69, 9.17) is 15.2 Å². The standard InChI is InChI=1S/C29H41N3O4/c1-35-20-8-7-17-29(34,26-15-5-6-16-27(26)36-25-13-3-2-4-14-25)23-11-9-18-31(21-23)28(33)32-19-10-12-24(30)22-32/h2-6,13-16,23-24,34H,7-12,17-22,30H2,1H3. The van der Waals surface area contributed by atoms with Crippen molar-refractivity contribution in [3.05, 3.63) is 60.2 Å². The number of unbranched alkanes of at least 4 members (excludes halogenated alkanes) is 1. The molecule has 2 aliphatic rings. The molecule has 196 valence electrons. The quantitative estimate of drug-likeness (QED) is 0.491. The van der Waals surface area contributed by atoms with Gasteiger partial charge in [-0.05, 0) is 63.1 Å². The van der Waals surface area contributed by atoms with Crippen LogP contribution in [0.4, 0.5) is 4.79 Å². The summed E-state index contributed by atoms with van der Waals surface area (Å²) >= 11 is 0. The molecule has 0 aliphatic carbocycles. The van der Waals surface area contributed by atoms with Gasteiger partial charge in [-0.25, -0.2) is 4.79 Å². The number of benzene rings is 2. The highest BCUT2D eigenvalue weighted by molar-refractivity contribution is 5.74. The maximum Gasteiger partial charge on any atom is 0.320 e. The summed E-state index contributed by atoms with van der Waals surface area (Å²) in [5.41, 5.74) is 5.80. The molecule has 3 N–H and O–H groups in total. The lowest BCUT2D eigenvalue weighted by molar-refractivity contribution is -0.0590. The van der Waals surface area contributed by atoms with E-state index < -0.39 is 5.60 Å². The zero-order valence-corrected chi connectivity index (χ0v) is 21.5. The molecule has 2 aromatic carbocycles. The Kier molecular flexibility index (Phi) is 9.24. The highest BCUT2D eigenvalue weighted by Crippen LogP contribution is 2.44. The molecule has 0 spiro atoms. The first-order valence-corrected chi connectivity index (χ1v) is 13.3. The second-order valence-corrected chi connectivity index (χ2v) is 10.2. The fraction of sp³-hybridized carbons (Fsp3) is 0.552. The third kappa shape index (κ3) is 6.38. The average Bonchev–Trinajstić information content (AvgIpc) is 2.91. The molecule has 36 heavy (non-hydrogen) atoms. The molecule has 2 saturated heterocycles. The van der Waals surface area contributed by atoms with Crippen molar-refractivity contribution in [3.8, 4) is 11.5 Å². The van der Waals surface area contributed by atoms with Crippen LogP contribution in [0.1, 0.15) is 50.5 Å². The number of methoxy groups -OCH3 is 1. The Bertz CT molecular complexity index is 972. The summed E-state index contributed by atoms with van der Waals surface area (Å²) in [5, 5.41) is 12.4. The van der Waals surface area contributed by atoms with Crippen LogP contribution in [0.25, 0.3) is 0 Å². The Morgan fingerprint density at radius 3 is 2.44 bits per heavy atom. The summed E-state index contributed by atoms with van der Waals surface area (Å²) in [5.74, 6) is 1.29. The first kappa shape index (κ1) is 26.5. The number of rotatable bonds is 9. The zero-order chi connectivity index (χ0) is 25.4. The average molecular weight is 496 g/mol. The van der Waals surface area contributed by atoms with E-state index >= 15 is 0 Å². The Hall–Kier alpha value is -2.61. The van der Waals surface area contributed by atoms with Gasteiger partial charge in [-0.15, -0.1) is 0 Å². The summed E-state index contributed by atoms with van der Waals surface area (Å²) < 4.78 is 11.5. The third-order valence-corrected chi connectivity index (χ3v) is 7.58. The maximum absolute atomic E-state index is 13.4. The highest BCUT2D eigenvalue weighted by Gasteiger charge is 2.43.